The van der Waals surface area contributed by atoms with E-state index >= 15 is 0 Å². The molecule has 1 saturated heterocycles. The number of pyridine rings is 1. The van der Waals surface area contributed by atoms with E-state index in [1.165, 1.54) is 13.3 Å². The minimum absolute atomic E-state index is 0.000759. The van der Waals surface area contributed by atoms with Gasteiger partial charge in [-0.2, -0.15) is 4.39 Å². The van der Waals surface area contributed by atoms with Crippen molar-refractivity contribution in [2.75, 3.05) is 33.0 Å². The Morgan fingerprint density at radius 3 is 2.77 bits per heavy atom. The van der Waals surface area contributed by atoms with E-state index < -0.39 is 23.0 Å². The lowest BCUT2D eigenvalue weighted by molar-refractivity contribution is 0.0777. The van der Waals surface area contributed by atoms with Crippen LogP contribution in [0.3, 0.4) is 0 Å². The third kappa shape index (κ3) is 4.20. The molecule has 0 radical (unpaired) electrons. The first-order valence-electron chi connectivity index (χ1n) is 11.5. The van der Waals surface area contributed by atoms with E-state index in [1.54, 1.807) is 21.7 Å². The Bertz CT molecular complexity index is 1370. The summed E-state index contributed by atoms with van der Waals surface area (Å²) >= 11 is 0. The monoisotopic (exact) mass is 484 g/mol. The summed E-state index contributed by atoms with van der Waals surface area (Å²) in [6, 6.07) is 2.52. The molecule has 35 heavy (non-hydrogen) atoms. The molecule has 1 atom stereocenters. The summed E-state index contributed by atoms with van der Waals surface area (Å²) in [5.74, 6) is -2.11. The maximum Gasteiger partial charge on any atom is 0.259 e. The molecule has 184 valence electrons. The van der Waals surface area contributed by atoms with Crippen LogP contribution in [0, 0.1) is 11.6 Å². The Hall–Kier alpha value is -3.60. The van der Waals surface area contributed by atoms with Gasteiger partial charge >= 0.3 is 0 Å². The van der Waals surface area contributed by atoms with E-state index in [2.05, 4.69) is 9.97 Å². The van der Waals surface area contributed by atoms with Crippen molar-refractivity contribution in [1.29, 1.82) is 0 Å². The van der Waals surface area contributed by atoms with Crippen molar-refractivity contribution in [2.24, 2.45) is 0 Å². The molecule has 3 heterocycles. The van der Waals surface area contributed by atoms with E-state index in [-0.39, 0.29) is 34.3 Å². The normalized spacial score (nSPS) is 18.0. The number of carbonyl (C=O) groups excluding carboxylic acids is 1. The van der Waals surface area contributed by atoms with Gasteiger partial charge in [-0.05, 0) is 38.4 Å². The quantitative estimate of drug-likeness (QED) is 0.572. The third-order valence-corrected chi connectivity index (χ3v) is 6.73. The zero-order chi connectivity index (χ0) is 24.9. The van der Waals surface area contributed by atoms with Crippen LogP contribution >= 0.6 is 0 Å². The Kier molecular flexibility index (Phi) is 5.87. The van der Waals surface area contributed by atoms with Gasteiger partial charge in [-0.15, -0.1) is 0 Å². The first-order valence-corrected chi connectivity index (χ1v) is 11.5. The minimum atomic E-state index is -1.19. The molecule has 1 aromatic carbocycles. The molecule has 1 aliphatic heterocycles. The summed E-state index contributed by atoms with van der Waals surface area (Å²) in [5, 5.41) is -0.0646. The molecular weight excluding hydrogens is 458 g/mol. The third-order valence-electron chi connectivity index (χ3n) is 6.73. The number of hydrogen-bond acceptors (Lipinski definition) is 7. The summed E-state index contributed by atoms with van der Waals surface area (Å²) < 4.78 is 35.5. The zero-order valence-corrected chi connectivity index (χ0v) is 19.5. The van der Waals surface area contributed by atoms with Crippen LogP contribution < -0.4 is 15.9 Å². The molecule has 1 amide bonds. The number of benzene rings is 1. The van der Waals surface area contributed by atoms with E-state index in [0.29, 0.717) is 37.7 Å². The lowest BCUT2D eigenvalue weighted by atomic mass is 10.1. The smallest absolute Gasteiger partial charge is 0.259 e. The average molecular weight is 485 g/mol. The van der Waals surface area contributed by atoms with Gasteiger partial charge in [-0.3, -0.25) is 14.5 Å². The van der Waals surface area contributed by atoms with Crippen LogP contribution in [-0.2, 0) is 6.54 Å². The number of methoxy groups -OCH3 is 1. The molecular formula is C24H26F2N6O3. The molecule has 9 nitrogen and oxygen atoms in total. The van der Waals surface area contributed by atoms with Crippen LogP contribution in [-0.4, -0.2) is 63.5 Å². The number of likely N-dealkylation sites (tertiary alicyclic amines) is 1. The van der Waals surface area contributed by atoms with Crippen molar-refractivity contribution in [3.05, 3.63) is 57.8 Å². The van der Waals surface area contributed by atoms with E-state index in [4.69, 9.17) is 10.5 Å². The van der Waals surface area contributed by atoms with Gasteiger partial charge in [0.05, 0.1) is 24.6 Å². The van der Waals surface area contributed by atoms with Crippen molar-refractivity contribution in [3.63, 3.8) is 0 Å². The SMILES string of the molecule is COc1c(F)c(F)cc2c(=O)c(C(=O)N3CCC(N(C)Cc4nccc(N)n4)C3)cn(C3CC3)c12. The summed E-state index contributed by atoms with van der Waals surface area (Å²) in [6.45, 7) is 1.35. The number of nitrogens with two attached hydrogens (primary N) is 1. The highest BCUT2D eigenvalue weighted by molar-refractivity contribution is 5.98. The molecule has 0 spiro atoms. The van der Waals surface area contributed by atoms with Gasteiger partial charge in [-0.1, -0.05) is 0 Å². The number of anilines is 1. The number of rotatable bonds is 6. The van der Waals surface area contributed by atoms with Crippen molar-refractivity contribution >= 4 is 22.6 Å². The number of nitrogen functional groups attached to an aromatic ring is 1. The summed E-state index contributed by atoms with van der Waals surface area (Å²) in [5.41, 5.74) is 5.22. The lowest BCUT2D eigenvalue weighted by Gasteiger charge is -2.24. The molecule has 2 fully saturated rings. The van der Waals surface area contributed by atoms with Crippen LogP contribution in [0.2, 0.25) is 0 Å². The minimum Gasteiger partial charge on any atom is -0.491 e. The van der Waals surface area contributed by atoms with E-state index in [1.807, 2.05) is 11.9 Å². The molecule has 3 aromatic rings. The van der Waals surface area contributed by atoms with Crippen molar-refractivity contribution in [1.82, 2.24) is 24.3 Å². The second-order valence-electron chi connectivity index (χ2n) is 9.12. The van der Waals surface area contributed by atoms with Gasteiger partial charge in [0, 0.05) is 37.6 Å². The Balaban J connectivity index is 1.44. The van der Waals surface area contributed by atoms with Gasteiger partial charge in [-0.25, -0.2) is 14.4 Å². The van der Waals surface area contributed by atoms with Crippen LogP contribution in [0.25, 0.3) is 10.9 Å². The first kappa shape index (κ1) is 23.2. The van der Waals surface area contributed by atoms with E-state index in [0.717, 1.165) is 18.9 Å². The fourth-order valence-corrected chi connectivity index (χ4v) is 4.71. The molecule has 5 rings (SSSR count). The summed E-state index contributed by atoms with van der Waals surface area (Å²) in [6.07, 6.45) is 5.42. The summed E-state index contributed by atoms with van der Waals surface area (Å²) in [7, 11) is 3.15. The molecule has 1 saturated carbocycles. The number of fused-ring (bicyclic) bond motifs is 1. The predicted molar refractivity (Wildman–Crippen MR) is 125 cm³/mol. The number of halogens is 2. The van der Waals surface area contributed by atoms with Crippen LogP contribution in [0.15, 0.2) is 29.3 Å². The highest BCUT2D eigenvalue weighted by Crippen LogP contribution is 2.40. The topological polar surface area (TPSA) is 107 Å². The van der Waals surface area contributed by atoms with Crippen molar-refractivity contribution < 1.29 is 18.3 Å². The maximum atomic E-state index is 14.4. The number of ether oxygens (including phenoxy) is 1. The van der Waals surface area contributed by atoms with Gasteiger partial charge in [0.25, 0.3) is 5.91 Å². The first-order chi connectivity index (χ1) is 16.8. The van der Waals surface area contributed by atoms with Crippen molar-refractivity contribution in [3.8, 4) is 5.75 Å². The highest BCUT2D eigenvalue weighted by Gasteiger charge is 2.34. The number of aromatic nitrogens is 3. The molecule has 2 aliphatic rings. The Labute approximate surface area is 200 Å². The Morgan fingerprint density at radius 2 is 2.09 bits per heavy atom. The number of carbonyl (C=O) groups is 1. The molecule has 1 unspecified atom stereocenters. The van der Waals surface area contributed by atoms with Crippen LogP contribution in [0.5, 0.6) is 5.75 Å². The molecule has 2 aromatic heterocycles. The van der Waals surface area contributed by atoms with Crippen molar-refractivity contribution in [2.45, 2.75) is 37.9 Å². The molecule has 0 bridgehead atoms. The standard InChI is InChI=1S/C24H26F2N6O3/c1-30(12-19-28-7-5-18(27)29-19)14-6-8-31(10-14)24(34)16-11-32(13-3-4-13)21-15(22(16)33)9-17(25)20(26)23(21)35-2/h5,7,9,11,13-14H,3-4,6,8,10,12H2,1-2H3,(H2,27,28,29). The zero-order valence-electron chi connectivity index (χ0n) is 19.5. The van der Waals surface area contributed by atoms with Gasteiger partial charge in [0.2, 0.25) is 11.2 Å². The number of nitrogens with zero attached hydrogens (tertiary/aromatic N) is 5. The number of hydrogen-bond donors (Lipinski definition) is 1. The average Bonchev–Trinajstić information content (AvgIpc) is 3.55. The maximum absolute atomic E-state index is 14.4. The predicted octanol–water partition coefficient (Wildman–Crippen LogP) is 2.34. The van der Waals surface area contributed by atoms with Gasteiger partial charge in [0.15, 0.2) is 11.6 Å². The second kappa shape index (κ2) is 8.88. The molecule has 11 heteroatoms. The number of likely N-dealkylation sites (N-methyl/N-ethyl adjacent to an activating group) is 1. The van der Waals surface area contributed by atoms with Gasteiger partial charge < -0.3 is 19.9 Å². The second-order valence-corrected chi connectivity index (χ2v) is 9.12. The lowest BCUT2D eigenvalue weighted by Crippen LogP contribution is -2.38. The molecule has 1 aliphatic carbocycles. The Morgan fingerprint density at radius 1 is 1.31 bits per heavy atom. The fraction of sp³-hybridized carbons (Fsp3) is 0.417. The van der Waals surface area contributed by atoms with Crippen LogP contribution in [0.4, 0.5) is 14.6 Å². The van der Waals surface area contributed by atoms with Gasteiger partial charge in [0.1, 0.15) is 17.2 Å². The molecule has 2 N–H and O–H groups in total. The summed E-state index contributed by atoms with van der Waals surface area (Å²) in [4.78, 5) is 38.9. The largest absolute Gasteiger partial charge is 0.491 e. The fourth-order valence-electron chi connectivity index (χ4n) is 4.71. The number of amides is 1. The van der Waals surface area contributed by atoms with E-state index in [9.17, 15) is 18.4 Å². The van der Waals surface area contributed by atoms with Crippen LogP contribution in [0.1, 0.15) is 41.5 Å². The highest BCUT2D eigenvalue weighted by atomic mass is 19.2.